The number of hydrogen-bond acceptors (Lipinski definition) is 6. The summed E-state index contributed by atoms with van der Waals surface area (Å²) in [5.41, 5.74) is 0.941. The van der Waals surface area contributed by atoms with Crippen LogP contribution in [0, 0.1) is 0 Å². The Labute approximate surface area is 141 Å². The number of nitrogens with one attached hydrogen (secondary N) is 1. The van der Waals surface area contributed by atoms with Crippen molar-refractivity contribution in [2.24, 2.45) is 0 Å². The fourth-order valence-electron chi connectivity index (χ4n) is 2.32. The van der Waals surface area contributed by atoms with E-state index in [4.69, 9.17) is 4.74 Å². The lowest BCUT2D eigenvalue weighted by molar-refractivity contribution is -0.0512. The second kappa shape index (κ2) is 7.39. The van der Waals surface area contributed by atoms with Gasteiger partial charge in [0.1, 0.15) is 17.0 Å². The molecule has 0 bridgehead atoms. The van der Waals surface area contributed by atoms with Gasteiger partial charge in [0.05, 0.1) is 12.5 Å². The molecule has 5 nitrogen and oxygen atoms in total. The van der Waals surface area contributed by atoms with E-state index in [1.807, 2.05) is 11.4 Å². The Kier molecular flexibility index (Phi) is 5.05. The smallest absolute Gasteiger partial charge is 0.387 e. The van der Waals surface area contributed by atoms with Gasteiger partial charge in [-0.1, -0.05) is 6.07 Å². The molecule has 0 saturated heterocycles. The topological polar surface area (TPSA) is 56.3 Å². The molecule has 24 heavy (non-hydrogen) atoms. The van der Waals surface area contributed by atoms with Gasteiger partial charge in [0.2, 0.25) is 0 Å². The van der Waals surface area contributed by atoms with Gasteiger partial charge in [-0.05, 0) is 35.6 Å². The lowest BCUT2D eigenvalue weighted by Gasteiger charge is -2.12. The first-order chi connectivity index (χ1) is 11.7. The molecule has 1 N–H and O–H groups in total. The van der Waals surface area contributed by atoms with Gasteiger partial charge < -0.3 is 14.8 Å². The molecule has 8 heteroatoms. The first-order valence-corrected chi connectivity index (χ1v) is 8.09. The maximum Gasteiger partial charge on any atom is 0.387 e. The minimum absolute atomic E-state index is 0.0278. The Balaban J connectivity index is 1.65. The Morgan fingerprint density at radius 3 is 2.88 bits per heavy atom. The third-order valence-electron chi connectivity index (χ3n) is 3.41. The standard InChI is InChI=1S/C16H15F2N3O2S/c1-22-13-8-10(2-3-12(13)23-16(17)18)4-6-19-14-11-5-7-24-15(11)21-9-20-14/h2-3,5,7-9,16H,4,6H2,1H3,(H,19,20,21). The molecular weight excluding hydrogens is 336 g/mol. The van der Waals surface area contributed by atoms with E-state index in [-0.39, 0.29) is 11.5 Å². The van der Waals surface area contributed by atoms with Crippen LogP contribution in [0.2, 0.25) is 0 Å². The second-order valence-electron chi connectivity index (χ2n) is 4.90. The van der Waals surface area contributed by atoms with E-state index >= 15 is 0 Å². The number of benzene rings is 1. The van der Waals surface area contributed by atoms with Crippen molar-refractivity contribution in [3.63, 3.8) is 0 Å². The fourth-order valence-corrected chi connectivity index (χ4v) is 3.05. The van der Waals surface area contributed by atoms with Crippen LogP contribution in [0.15, 0.2) is 36.0 Å². The van der Waals surface area contributed by atoms with Crippen molar-refractivity contribution in [3.8, 4) is 11.5 Å². The first kappa shape index (κ1) is 16.4. The summed E-state index contributed by atoms with van der Waals surface area (Å²) >= 11 is 1.56. The number of hydrogen-bond donors (Lipinski definition) is 1. The summed E-state index contributed by atoms with van der Waals surface area (Å²) in [7, 11) is 1.42. The zero-order valence-corrected chi connectivity index (χ0v) is 13.6. The van der Waals surface area contributed by atoms with Gasteiger partial charge in [-0.25, -0.2) is 9.97 Å². The van der Waals surface area contributed by atoms with E-state index < -0.39 is 6.61 Å². The predicted molar refractivity (Wildman–Crippen MR) is 89.2 cm³/mol. The first-order valence-electron chi connectivity index (χ1n) is 7.21. The lowest BCUT2D eigenvalue weighted by Crippen LogP contribution is -2.07. The summed E-state index contributed by atoms with van der Waals surface area (Å²) in [5.74, 6) is 1.10. The number of methoxy groups -OCH3 is 1. The fraction of sp³-hybridized carbons (Fsp3) is 0.250. The van der Waals surface area contributed by atoms with Crippen molar-refractivity contribution in [1.29, 1.82) is 0 Å². The molecule has 0 radical (unpaired) electrons. The highest BCUT2D eigenvalue weighted by molar-refractivity contribution is 7.16. The molecule has 2 heterocycles. The van der Waals surface area contributed by atoms with E-state index in [0.29, 0.717) is 13.0 Å². The van der Waals surface area contributed by atoms with Crippen LogP contribution >= 0.6 is 11.3 Å². The molecule has 3 rings (SSSR count). The third kappa shape index (κ3) is 3.70. The molecule has 0 fully saturated rings. The monoisotopic (exact) mass is 351 g/mol. The number of rotatable bonds is 7. The van der Waals surface area contributed by atoms with Gasteiger partial charge in [-0.3, -0.25) is 0 Å². The second-order valence-corrected chi connectivity index (χ2v) is 5.80. The zero-order valence-electron chi connectivity index (χ0n) is 12.8. The van der Waals surface area contributed by atoms with Crippen LogP contribution < -0.4 is 14.8 Å². The molecule has 126 valence electrons. The van der Waals surface area contributed by atoms with Crippen LogP contribution in [0.25, 0.3) is 10.2 Å². The highest BCUT2D eigenvalue weighted by Crippen LogP contribution is 2.29. The van der Waals surface area contributed by atoms with Crippen LogP contribution in [0.3, 0.4) is 0 Å². The predicted octanol–water partition coefficient (Wildman–Crippen LogP) is 3.96. The van der Waals surface area contributed by atoms with E-state index in [0.717, 1.165) is 21.6 Å². The Bertz CT molecular complexity index is 826. The van der Waals surface area contributed by atoms with Gasteiger partial charge in [0, 0.05) is 6.54 Å². The molecular formula is C16H15F2N3O2S. The van der Waals surface area contributed by atoms with Crippen molar-refractivity contribution in [2.75, 3.05) is 19.0 Å². The summed E-state index contributed by atoms with van der Waals surface area (Å²) in [4.78, 5) is 9.38. The molecule has 0 amide bonds. The molecule has 0 aliphatic heterocycles. The van der Waals surface area contributed by atoms with Crippen LogP contribution in [0.1, 0.15) is 5.56 Å². The number of anilines is 1. The highest BCUT2D eigenvalue weighted by Gasteiger charge is 2.11. The molecule has 0 saturated carbocycles. The summed E-state index contributed by atoms with van der Waals surface area (Å²) in [5, 5.41) is 6.23. The van der Waals surface area contributed by atoms with E-state index in [9.17, 15) is 8.78 Å². The average molecular weight is 351 g/mol. The van der Waals surface area contributed by atoms with E-state index in [2.05, 4.69) is 20.0 Å². The summed E-state index contributed by atoms with van der Waals surface area (Å²) in [6.45, 7) is -2.24. The van der Waals surface area contributed by atoms with Crippen LogP contribution in [0.5, 0.6) is 11.5 Å². The molecule has 0 aliphatic rings. The SMILES string of the molecule is COc1cc(CCNc2ncnc3sccc23)ccc1OC(F)F. The normalized spacial score (nSPS) is 11.0. The number of fused-ring (bicyclic) bond motifs is 1. The zero-order chi connectivity index (χ0) is 16.9. The molecule has 2 aromatic heterocycles. The van der Waals surface area contributed by atoms with Crippen molar-refractivity contribution in [2.45, 2.75) is 13.0 Å². The molecule has 0 aliphatic carbocycles. The number of thiophene rings is 1. The van der Waals surface area contributed by atoms with Gasteiger partial charge >= 0.3 is 6.61 Å². The summed E-state index contributed by atoms with van der Waals surface area (Å²) in [6, 6.07) is 6.89. The van der Waals surface area contributed by atoms with Crippen molar-refractivity contribution in [1.82, 2.24) is 9.97 Å². The summed E-state index contributed by atoms with van der Waals surface area (Å²) in [6.07, 6.45) is 2.21. The number of halogens is 2. The molecule has 1 aromatic carbocycles. The largest absolute Gasteiger partial charge is 0.493 e. The minimum atomic E-state index is -2.88. The molecule has 0 unspecified atom stereocenters. The van der Waals surface area contributed by atoms with Crippen LogP contribution in [0.4, 0.5) is 14.6 Å². The van der Waals surface area contributed by atoms with Crippen LogP contribution in [-0.4, -0.2) is 30.2 Å². The van der Waals surface area contributed by atoms with E-state index in [1.54, 1.807) is 23.5 Å². The van der Waals surface area contributed by atoms with Crippen LogP contribution in [-0.2, 0) is 6.42 Å². The van der Waals surface area contributed by atoms with Crippen molar-refractivity contribution in [3.05, 3.63) is 41.5 Å². The maximum atomic E-state index is 12.3. The van der Waals surface area contributed by atoms with Gasteiger partial charge in [0.25, 0.3) is 0 Å². The van der Waals surface area contributed by atoms with E-state index in [1.165, 1.54) is 19.5 Å². The Hall–Kier alpha value is -2.48. The summed E-state index contributed by atoms with van der Waals surface area (Å²) < 4.78 is 34.2. The lowest BCUT2D eigenvalue weighted by atomic mass is 10.1. The highest BCUT2D eigenvalue weighted by atomic mass is 32.1. The number of nitrogens with zero attached hydrogens (tertiary/aromatic N) is 2. The number of aromatic nitrogens is 2. The quantitative estimate of drug-likeness (QED) is 0.698. The molecule has 3 aromatic rings. The maximum absolute atomic E-state index is 12.3. The molecule has 0 spiro atoms. The number of ether oxygens (including phenoxy) is 2. The third-order valence-corrected chi connectivity index (χ3v) is 4.23. The number of alkyl halides is 2. The molecule has 0 atom stereocenters. The minimum Gasteiger partial charge on any atom is -0.493 e. The van der Waals surface area contributed by atoms with Gasteiger partial charge in [-0.2, -0.15) is 8.78 Å². The Morgan fingerprint density at radius 2 is 2.08 bits per heavy atom. The van der Waals surface area contributed by atoms with Gasteiger partial charge in [0.15, 0.2) is 11.5 Å². The van der Waals surface area contributed by atoms with Crippen molar-refractivity contribution < 1.29 is 18.3 Å². The van der Waals surface area contributed by atoms with Crippen molar-refractivity contribution >= 4 is 27.4 Å². The average Bonchev–Trinajstić information content (AvgIpc) is 3.05. The van der Waals surface area contributed by atoms with Gasteiger partial charge in [-0.15, -0.1) is 11.3 Å². The Morgan fingerprint density at radius 1 is 1.21 bits per heavy atom.